The summed E-state index contributed by atoms with van der Waals surface area (Å²) in [6, 6.07) is 7.52. The number of aromatic nitrogens is 1. The van der Waals surface area contributed by atoms with Crippen LogP contribution in [-0.2, 0) is 6.54 Å². The Morgan fingerprint density at radius 1 is 1.35 bits per heavy atom. The highest BCUT2D eigenvalue weighted by atomic mass is 79.9. The van der Waals surface area contributed by atoms with Gasteiger partial charge in [0.05, 0.1) is 11.0 Å². The van der Waals surface area contributed by atoms with Crippen molar-refractivity contribution >= 4 is 21.6 Å². The SMILES string of the molecule is Nc1ccc(F)cc1Cn1cccc(Br)c1=O. The van der Waals surface area contributed by atoms with Crippen LogP contribution in [0.4, 0.5) is 10.1 Å². The third-order valence-electron chi connectivity index (χ3n) is 2.42. The molecule has 0 atom stereocenters. The molecule has 0 aliphatic rings. The van der Waals surface area contributed by atoms with Crippen LogP contribution in [0.1, 0.15) is 5.56 Å². The standard InChI is InChI=1S/C12H10BrFN2O/c13-10-2-1-5-16(12(10)17)7-8-6-9(14)3-4-11(8)15/h1-6H,7,15H2. The molecule has 1 aromatic carbocycles. The monoisotopic (exact) mass is 296 g/mol. The van der Waals surface area contributed by atoms with E-state index in [9.17, 15) is 9.18 Å². The van der Waals surface area contributed by atoms with E-state index in [2.05, 4.69) is 15.9 Å². The van der Waals surface area contributed by atoms with Gasteiger partial charge in [-0.15, -0.1) is 0 Å². The topological polar surface area (TPSA) is 48.0 Å². The second-order valence-corrected chi connectivity index (χ2v) is 4.49. The van der Waals surface area contributed by atoms with E-state index in [-0.39, 0.29) is 17.9 Å². The number of hydrogen-bond donors (Lipinski definition) is 1. The number of nitrogen functional groups attached to an aromatic ring is 1. The van der Waals surface area contributed by atoms with Gasteiger partial charge in [0.25, 0.3) is 5.56 Å². The number of nitrogens with zero attached hydrogens (tertiary/aromatic N) is 1. The van der Waals surface area contributed by atoms with E-state index < -0.39 is 0 Å². The summed E-state index contributed by atoms with van der Waals surface area (Å²) in [6.45, 7) is 0.252. The molecular formula is C12H10BrFN2O. The Morgan fingerprint density at radius 2 is 2.12 bits per heavy atom. The summed E-state index contributed by atoms with van der Waals surface area (Å²) in [5.41, 5.74) is 6.62. The normalized spacial score (nSPS) is 10.5. The number of halogens is 2. The van der Waals surface area contributed by atoms with Crippen molar-refractivity contribution in [3.05, 3.63) is 62.7 Å². The summed E-state index contributed by atoms with van der Waals surface area (Å²) in [5.74, 6) is -0.364. The van der Waals surface area contributed by atoms with Gasteiger partial charge < -0.3 is 10.3 Å². The average molecular weight is 297 g/mol. The molecule has 17 heavy (non-hydrogen) atoms. The van der Waals surface area contributed by atoms with Gasteiger partial charge in [0.2, 0.25) is 0 Å². The number of benzene rings is 1. The van der Waals surface area contributed by atoms with Crippen LogP contribution in [0.25, 0.3) is 0 Å². The fourth-order valence-electron chi connectivity index (χ4n) is 1.53. The predicted octanol–water partition coefficient (Wildman–Crippen LogP) is 2.38. The molecule has 0 spiro atoms. The smallest absolute Gasteiger partial charge is 0.265 e. The first-order chi connectivity index (χ1) is 8.08. The maximum absolute atomic E-state index is 13.1. The number of nitrogens with two attached hydrogens (primary N) is 1. The van der Waals surface area contributed by atoms with Crippen LogP contribution in [0.5, 0.6) is 0 Å². The van der Waals surface area contributed by atoms with Crippen molar-refractivity contribution in [3.8, 4) is 0 Å². The number of pyridine rings is 1. The Morgan fingerprint density at radius 3 is 2.88 bits per heavy atom. The van der Waals surface area contributed by atoms with Crippen LogP contribution in [0, 0.1) is 5.82 Å². The Kier molecular flexibility index (Phi) is 3.28. The molecule has 0 saturated heterocycles. The zero-order valence-corrected chi connectivity index (χ0v) is 10.4. The fourth-order valence-corrected chi connectivity index (χ4v) is 1.91. The number of rotatable bonds is 2. The van der Waals surface area contributed by atoms with Gasteiger partial charge in [-0.2, -0.15) is 0 Å². The molecule has 0 radical (unpaired) electrons. The van der Waals surface area contributed by atoms with Crippen molar-refractivity contribution in [1.82, 2.24) is 4.57 Å². The van der Waals surface area contributed by atoms with Crippen molar-refractivity contribution in [1.29, 1.82) is 0 Å². The molecule has 0 bridgehead atoms. The van der Waals surface area contributed by atoms with Gasteiger partial charge in [0.1, 0.15) is 5.82 Å². The lowest BCUT2D eigenvalue weighted by Gasteiger charge is -2.08. The minimum atomic E-state index is -0.364. The molecular weight excluding hydrogens is 287 g/mol. The molecule has 0 fully saturated rings. The van der Waals surface area contributed by atoms with Gasteiger partial charge in [-0.1, -0.05) is 0 Å². The van der Waals surface area contributed by atoms with Gasteiger partial charge in [-0.3, -0.25) is 4.79 Å². The fraction of sp³-hybridized carbons (Fsp3) is 0.0833. The molecule has 88 valence electrons. The summed E-state index contributed by atoms with van der Waals surface area (Å²) in [7, 11) is 0. The minimum absolute atomic E-state index is 0.170. The second kappa shape index (κ2) is 4.71. The first-order valence-corrected chi connectivity index (χ1v) is 5.76. The lowest BCUT2D eigenvalue weighted by molar-refractivity contribution is 0.623. The molecule has 0 amide bonds. The van der Waals surface area contributed by atoms with Crippen LogP contribution >= 0.6 is 15.9 Å². The maximum atomic E-state index is 13.1. The van der Waals surface area contributed by atoms with Crippen molar-refractivity contribution in [2.75, 3.05) is 5.73 Å². The molecule has 0 unspecified atom stereocenters. The van der Waals surface area contributed by atoms with Crippen molar-refractivity contribution < 1.29 is 4.39 Å². The van der Waals surface area contributed by atoms with Crippen LogP contribution in [0.15, 0.2) is 45.8 Å². The lowest BCUT2D eigenvalue weighted by atomic mass is 10.1. The summed E-state index contributed by atoms with van der Waals surface area (Å²) >= 11 is 3.15. The highest BCUT2D eigenvalue weighted by Crippen LogP contribution is 2.14. The van der Waals surface area contributed by atoms with Gasteiger partial charge in [-0.05, 0) is 51.8 Å². The predicted molar refractivity (Wildman–Crippen MR) is 68.3 cm³/mol. The molecule has 2 rings (SSSR count). The van der Waals surface area contributed by atoms with E-state index in [0.29, 0.717) is 15.7 Å². The summed E-state index contributed by atoms with van der Waals surface area (Å²) < 4.78 is 15.0. The molecule has 5 heteroatoms. The largest absolute Gasteiger partial charge is 0.398 e. The molecule has 1 heterocycles. The van der Waals surface area contributed by atoms with Crippen LogP contribution in [0.3, 0.4) is 0 Å². The number of hydrogen-bond acceptors (Lipinski definition) is 2. The molecule has 0 aliphatic carbocycles. The van der Waals surface area contributed by atoms with E-state index in [1.165, 1.54) is 22.8 Å². The van der Waals surface area contributed by atoms with Crippen LogP contribution in [0.2, 0.25) is 0 Å². The highest BCUT2D eigenvalue weighted by molar-refractivity contribution is 9.10. The Bertz CT molecular complexity index is 610. The molecule has 2 N–H and O–H groups in total. The number of anilines is 1. The van der Waals surface area contributed by atoms with Crippen LogP contribution in [-0.4, -0.2) is 4.57 Å². The first kappa shape index (κ1) is 11.9. The van der Waals surface area contributed by atoms with Crippen molar-refractivity contribution in [3.63, 3.8) is 0 Å². The molecule has 0 saturated carbocycles. The van der Waals surface area contributed by atoms with E-state index in [1.54, 1.807) is 18.3 Å². The van der Waals surface area contributed by atoms with E-state index >= 15 is 0 Å². The molecule has 3 nitrogen and oxygen atoms in total. The zero-order valence-electron chi connectivity index (χ0n) is 8.86. The lowest BCUT2D eigenvalue weighted by Crippen LogP contribution is -2.20. The Labute approximate surface area is 106 Å². The van der Waals surface area contributed by atoms with Gasteiger partial charge in [0, 0.05) is 11.9 Å². The van der Waals surface area contributed by atoms with Crippen LogP contribution < -0.4 is 11.3 Å². The van der Waals surface area contributed by atoms with E-state index in [4.69, 9.17) is 5.73 Å². The van der Waals surface area contributed by atoms with Crippen molar-refractivity contribution in [2.45, 2.75) is 6.54 Å². The van der Waals surface area contributed by atoms with Gasteiger partial charge in [0.15, 0.2) is 0 Å². The third-order valence-corrected chi connectivity index (χ3v) is 3.02. The Balaban J connectivity index is 2.41. The van der Waals surface area contributed by atoms with Gasteiger partial charge in [-0.25, -0.2) is 4.39 Å². The minimum Gasteiger partial charge on any atom is -0.398 e. The van der Waals surface area contributed by atoms with Gasteiger partial charge >= 0.3 is 0 Å². The molecule has 1 aromatic heterocycles. The second-order valence-electron chi connectivity index (χ2n) is 3.63. The molecule has 0 aliphatic heterocycles. The van der Waals surface area contributed by atoms with E-state index in [1.807, 2.05) is 0 Å². The summed E-state index contributed by atoms with van der Waals surface area (Å²) in [5, 5.41) is 0. The first-order valence-electron chi connectivity index (χ1n) is 4.97. The summed E-state index contributed by atoms with van der Waals surface area (Å²) in [4.78, 5) is 11.8. The Hall–Kier alpha value is -1.62. The van der Waals surface area contributed by atoms with E-state index in [0.717, 1.165) is 0 Å². The van der Waals surface area contributed by atoms with Crippen molar-refractivity contribution in [2.24, 2.45) is 0 Å². The zero-order chi connectivity index (χ0) is 12.4. The highest BCUT2D eigenvalue weighted by Gasteiger charge is 2.05. The maximum Gasteiger partial charge on any atom is 0.265 e. The summed E-state index contributed by atoms with van der Waals surface area (Å²) in [6.07, 6.45) is 1.64. The third kappa shape index (κ3) is 2.55. The molecule has 2 aromatic rings. The average Bonchev–Trinajstić information content (AvgIpc) is 2.30. The quantitative estimate of drug-likeness (QED) is 0.865.